The van der Waals surface area contributed by atoms with E-state index in [4.69, 9.17) is 9.26 Å². The highest BCUT2D eigenvalue weighted by Crippen LogP contribution is 2.25. The Balaban J connectivity index is 2.05. The zero-order valence-electron chi connectivity index (χ0n) is 13.5. The molecule has 1 aliphatic rings. The number of methoxy groups -OCH3 is 1. The molecule has 0 bridgehead atoms. The minimum absolute atomic E-state index is 0.00892. The molecule has 0 aliphatic carbocycles. The number of nitrogens with one attached hydrogen (secondary N) is 1. The van der Waals surface area contributed by atoms with Crippen molar-refractivity contribution in [1.29, 1.82) is 0 Å². The van der Waals surface area contributed by atoms with Crippen LogP contribution >= 0.6 is 0 Å². The molecule has 2 atom stereocenters. The van der Waals surface area contributed by atoms with Crippen LogP contribution in [0.1, 0.15) is 42.4 Å². The fourth-order valence-electron chi connectivity index (χ4n) is 2.63. The van der Waals surface area contributed by atoms with Crippen LogP contribution in [0.25, 0.3) is 0 Å². The van der Waals surface area contributed by atoms with Crippen molar-refractivity contribution < 1.29 is 18.8 Å². The molecule has 1 aromatic rings. The number of likely N-dealkylation sites (tertiary alicyclic amines) is 1. The summed E-state index contributed by atoms with van der Waals surface area (Å²) in [5.41, 5.74) is 0.305. The van der Waals surface area contributed by atoms with E-state index in [0.29, 0.717) is 31.0 Å². The van der Waals surface area contributed by atoms with Crippen molar-refractivity contribution in [3.63, 3.8) is 0 Å². The second-order valence-corrected chi connectivity index (χ2v) is 5.89. The highest BCUT2D eigenvalue weighted by atomic mass is 16.5. The van der Waals surface area contributed by atoms with Gasteiger partial charge >= 0.3 is 0 Å². The van der Waals surface area contributed by atoms with Gasteiger partial charge in [0.25, 0.3) is 5.91 Å². The number of carbonyl (C=O) groups is 2. The summed E-state index contributed by atoms with van der Waals surface area (Å²) in [5.74, 6) is 0.625. The maximum absolute atomic E-state index is 12.5. The molecule has 0 aromatic carbocycles. The third-order valence-corrected chi connectivity index (χ3v) is 4.01. The lowest BCUT2D eigenvalue weighted by atomic mass is 10.0. The first-order valence-electron chi connectivity index (χ1n) is 7.45. The van der Waals surface area contributed by atoms with E-state index in [9.17, 15) is 9.59 Å². The fraction of sp³-hybridized carbons (Fsp3) is 0.667. The molecule has 1 N–H and O–H groups in total. The van der Waals surface area contributed by atoms with Crippen LogP contribution in [0.3, 0.4) is 0 Å². The molecule has 2 rings (SSSR count). The molecule has 7 heteroatoms. The Morgan fingerprint density at radius 3 is 2.77 bits per heavy atom. The molecule has 22 heavy (non-hydrogen) atoms. The molecular formula is C15H23N3O4. The summed E-state index contributed by atoms with van der Waals surface area (Å²) in [4.78, 5) is 25.7. The van der Waals surface area contributed by atoms with E-state index in [1.807, 2.05) is 13.8 Å². The smallest absolute Gasteiger partial charge is 0.276 e. The quantitative estimate of drug-likeness (QED) is 0.878. The zero-order valence-corrected chi connectivity index (χ0v) is 13.5. The number of hydrogen-bond donors (Lipinski definition) is 1. The van der Waals surface area contributed by atoms with Crippen LogP contribution in [0, 0.1) is 5.92 Å². The Bertz CT molecular complexity index is 541. The number of hydrogen-bond acceptors (Lipinski definition) is 5. The van der Waals surface area contributed by atoms with Crippen molar-refractivity contribution in [3.8, 4) is 0 Å². The Labute approximate surface area is 130 Å². The van der Waals surface area contributed by atoms with Crippen LogP contribution in [0.4, 0.5) is 0 Å². The molecule has 2 amide bonds. The average molecular weight is 309 g/mol. The Morgan fingerprint density at radius 1 is 1.50 bits per heavy atom. The first-order chi connectivity index (χ1) is 10.5. The van der Waals surface area contributed by atoms with Gasteiger partial charge in [-0.1, -0.05) is 19.0 Å². The minimum Gasteiger partial charge on any atom is -0.379 e. The van der Waals surface area contributed by atoms with E-state index < -0.39 is 0 Å². The highest BCUT2D eigenvalue weighted by Gasteiger charge is 2.37. The summed E-state index contributed by atoms with van der Waals surface area (Å²) in [6.45, 7) is 4.89. The van der Waals surface area contributed by atoms with E-state index in [-0.39, 0.29) is 29.8 Å². The van der Waals surface area contributed by atoms with Gasteiger partial charge in [0, 0.05) is 51.6 Å². The van der Waals surface area contributed by atoms with Gasteiger partial charge in [-0.2, -0.15) is 0 Å². The highest BCUT2D eigenvalue weighted by molar-refractivity contribution is 5.92. The summed E-state index contributed by atoms with van der Waals surface area (Å²) in [5, 5.41) is 6.45. The van der Waals surface area contributed by atoms with Crippen LogP contribution in [0.5, 0.6) is 0 Å². The second-order valence-electron chi connectivity index (χ2n) is 5.89. The lowest BCUT2D eigenvalue weighted by molar-refractivity contribution is -0.122. The number of nitrogens with zero attached hydrogens (tertiary/aromatic N) is 2. The monoisotopic (exact) mass is 309 g/mol. The molecule has 0 saturated carbocycles. The molecule has 122 valence electrons. The van der Waals surface area contributed by atoms with E-state index in [2.05, 4.69) is 10.5 Å². The van der Waals surface area contributed by atoms with Crippen molar-refractivity contribution in [2.24, 2.45) is 5.92 Å². The van der Waals surface area contributed by atoms with Crippen LogP contribution in [0.2, 0.25) is 0 Å². The molecule has 0 spiro atoms. The molecule has 1 aromatic heterocycles. The van der Waals surface area contributed by atoms with Crippen LogP contribution in [-0.2, 0) is 9.53 Å². The average Bonchev–Trinajstić information content (AvgIpc) is 3.13. The minimum atomic E-state index is -0.183. The van der Waals surface area contributed by atoms with Crippen LogP contribution in [-0.4, -0.2) is 55.2 Å². The van der Waals surface area contributed by atoms with Gasteiger partial charge in [0.1, 0.15) is 5.76 Å². The van der Waals surface area contributed by atoms with Gasteiger partial charge in [0.05, 0.1) is 6.10 Å². The molecule has 1 saturated heterocycles. The summed E-state index contributed by atoms with van der Waals surface area (Å²) in [6.07, 6.45) is 0.201. The van der Waals surface area contributed by atoms with Crippen molar-refractivity contribution in [3.05, 3.63) is 17.5 Å². The number of rotatable bonds is 5. The van der Waals surface area contributed by atoms with Gasteiger partial charge < -0.3 is 19.5 Å². The van der Waals surface area contributed by atoms with Crippen LogP contribution in [0.15, 0.2) is 10.6 Å². The fourth-order valence-corrected chi connectivity index (χ4v) is 2.63. The maximum Gasteiger partial charge on any atom is 0.276 e. The molecule has 2 heterocycles. The zero-order chi connectivity index (χ0) is 16.3. The number of aromatic nitrogens is 1. The molecule has 0 unspecified atom stereocenters. The predicted molar refractivity (Wildman–Crippen MR) is 79.5 cm³/mol. The van der Waals surface area contributed by atoms with E-state index >= 15 is 0 Å². The number of ether oxygens (including phenoxy) is 1. The molecule has 1 aliphatic heterocycles. The normalized spacial score (nSPS) is 21.4. The summed E-state index contributed by atoms with van der Waals surface area (Å²) in [7, 11) is 3.20. The lowest BCUT2D eigenvalue weighted by Crippen LogP contribution is -2.30. The van der Waals surface area contributed by atoms with Gasteiger partial charge in [-0.3, -0.25) is 9.59 Å². The summed E-state index contributed by atoms with van der Waals surface area (Å²) < 4.78 is 10.6. The standard InChI is InChI=1S/C15H23N3O4/c1-9(2)12-6-11(17-22-12)15(20)18-7-10(5-14(19)16-3)13(8-18)21-4/h6,9-10,13H,5,7-8H2,1-4H3,(H,16,19)/t10-,13-/m0/s1. The summed E-state index contributed by atoms with van der Waals surface area (Å²) in [6, 6.07) is 1.68. The molecule has 7 nitrogen and oxygen atoms in total. The first kappa shape index (κ1) is 16.5. The molecular weight excluding hydrogens is 286 g/mol. The summed E-state index contributed by atoms with van der Waals surface area (Å²) >= 11 is 0. The van der Waals surface area contributed by atoms with Gasteiger partial charge in [-0.25, -0.2) is 0 Å². The predicted octanol–water partition coefficient (Wildman–Crippen LogP) is 1.02. The van der Waals surface area contributed by atoms with E-state index in [1.54, 1.807) is 25.1 Å². The van der Waals surface area contributed by atoms with Crippen LogP contribution < -0.4 is 5.32 Å². The second kappa shape index (κ2) is 6.91. The van der Waals surface area contributed by atoms with Crippen molar-refractivity contribution in [2.75, 3.05) is 27.2 Å². The maximum atomic E-state index is 12.5. The Hall–Kier alpha value is -1.89. The largest absolute Gasteiger partial charge is 0.379 e. The van der Waals surface area contributed by atoms with Gasteiger partial charge in [-0.05, 0) is 0 Å². The molecule has 0 radical (unpaired) electrons. The molecule has 1 fully saturated rings. The lowest BCUT2D eigenvalue weighted by Gasteiger charge is -2.14. The van der Waals surface area contributed by atoms with Gasteiger partial charge in [0.2, 0.25) is 5.91 Å². The van der Waals surface area contributed by atoms with Crippen molar-refractivity contribution in [2.45, 2.75) is 32.3 Å². The Kier molecular flexibility index (Phi) is 5.18. The topological polar surface area (TPSA) is 84.7 Å². The number of carbonyl (C=O) groups excluding carboxylic acids is 2. The van der Waals surface area contributed by atoms with E-state index in [0.717, 1.165) is 0 Å². The third kappa shape index (κ3) is 3.47. The van der Waals surface area contributed by atoms with Crippen molar-refractivity contribution >= 4 is 11.8 Å². The van der Waals surface area contributed by atoms with Gasteiger partial charge in [0.15, 0.2) is 5.69 Å². The first-order valence-corrected chi connectivity index (χ1v) is 7.45. The number of amides is 2. The van der Waals surface area contributed by atoms with E-state index in [1.165, 1.54) is 0 Å². The Morgan fingerprint density at radius 2 is 2.23 bits per heavy atom. The van der Waals surface area contributed by atoms with Gasteiger partial charge in [-0.15, -0.1) is 0 Å². The SMILES string of the molecule is CNC(=O)C[C@H]1CN(C(=O)c2cc(C(C)C)on2)C[C@@H]1OC. The third-order valence-electron chi connectivity index (χ3n) is 4.01. The van der Waals surface area contributed by atoms with Crippen molar-refractivity contribution in [1.82, 2.24) is 15.4 Å².